The van der Waals surface area contributed by atoms with Crippen molar-refractivity contribution >= 4 is 23.3 Å². The Hall–Kier alpha value is -0.537. The first-order chi connectivity index (χ1) is 6.25. The van der Waals surface area contributed by atoms with E-state index in [0.29, 0.717) is 0 Å². The maximum atomic E-state index is 7.50. The van der Waals surface area contributed by atoms with E-state index >= 15 is 0 Å². The van der Waals surface area contributed by atoms with Crippen LogP contribution >= 0.6 is 9.69 Å². The zero-order valence-corrected chi connectivity index (χ0v) is 9.47. The van der Waals surface area contributed by atoms with Gasteiger partial charge >= 0.3 is 65.0 Å². The molecule has 0 N–H and O–H groups in total. The van der Waals surface area contributed by atoms with Gasteiger partial charge in [0.1, 0.15) is 0 Å². The third-order valence-electron chi connectivity index (χ3n) is 1.12. The van der Waals surface area contributed by atoms with E-state index in [4.69, 9.17) is 19.3 Å². The van der Waals surface area contributed by atoms with Gasteiger partial charge in [-0.15, -0.1) is 0 Å². The zero-order valence-electron chi connectivity index (χ0n) is 7.08. The molecule has 0 bridgehead atoms. The summed E-state index contributed by atoms with van der Waals surface area (Å²) in [5.74, 6) is 0. The Balaban J connectivity index is 0. The van der Waals surface area contributed by atoms with E-state index in [-0.39, 0.29) is 15.7 Å². The fourth-order valence-electron chi connectivity index (χ4n) is 0.654. The summed E-state index contributed by atoms with van der Waals surface area (Å²) in [5.41, 5.74) is 0. The van der Waals surface area contributed by atoms with Crippen LogP contribution in [0.3, 0.4) is 0 Å². The molecule has 0 unspecified atom stereocenters. The predicted molar refractivity (Wildman–Crippen MR) is 44.9 cm³/mol. The Bertz CT molecular complexity index is 270. The van der Waals surface area contributed by atoms with E-state index in [1.54, 1.807) is 0 Å². The van der Waals surface area contributed by atoms with Crippen LogP contribution in [0.25, 0.3) is 0 Å². The van der Waals surface area contributed by atoms with Crippen LogP contribution in [-0.2, 0) is 39.4 Å². The fourth-order valence-corrected chi connectivity index (χ4v) is 2.39. The van der Waals surface area contributed by atoms with Gasteiger partial charge in [-0.3, -0.25) is 9.59 Å². The zero-order chi connectivity index (χ0) is 10.9. The normalized spacial score (nSPS) is 7.92. The Labute approximate surface area is 88.3 Å². The van der Waals surface area contributed by atoms with Gasteiger partial charge in [-0.2, -0.15) is 0 Å². The van der Waals surface area contributed by atoms with Gasteiger partial charge in [0.25, 0.3) is 13.6 Å². The molecule has 0 atom stereocenters. The SMILES string of the molecule is Cn1ccn(C)[c]1=[Rh][Cl].[C]=O.[C]=O. The van der Waals surface area contributed by atoms with Crippen molar-refractivity contribution in [3.63, 3.8) is 0 Å². The molecular weight excluding hydrogens is 282 g/mol. The number of nitrogens with zero attached hydrogens (tertiary/aromatic N) is 2. The molecule has 4 nitrogen and oxygen atoms in total. The summed E-state index contributed by atoms with van der Waals surface area (Å²) in [6, 6.07) is 0. The summed E-state index contributed by atoms with van der Waals surface area (Å²) in [6.45, 7) is 9.00. The van der Waals surface area contributed by atoms with E-state index in [1.165, 1.54) is 4.01 Å². The van der Waals surface area contributed by atoms with Gasteiger partial charge in [-0.05, 0) is 0 Å². The topological polar surface area (TPSA) is 44.0 Å². The quantitative estimate of drug-likeness (QED) is 0.647. The molecule has 0 fully saturated rings. The Kier molecular flexibility index (Phi) is 11.0. The molecule has 0 aromatic carbocycles. The van der Waals surface area contributed by atoms with E-state index in [2.05, 4.69) is 13.6 Å². The molecule has 74 valence electrons. The number of hydrogen-bond donors (Lipinski definition) is 0. The first-order valence-electron chi connectivity index (χ1n) is 2.89. The second-order valence-corrected chi connectivity index (χ2v) is 3.62. The third kappa shape index (κ3) is 4.91. The summed E-state index contributed by atoms with van der Waals surface area (Å²) in [7, 11) is 9.71. The van der Waals surface area contributed by atoms with Gasteiger partial charge in [0.2, 0.25) is 0 Å². The van der Waals surface area contributed by atoms with Gasteiger partial charge in [-0.25, -0.2) is 0 Å². The van der Waals surface area contributed by atoms with Gasteiger partial charge < -0.3 is 0 Å². The molecule has 6 heteroatoms. The summed E-state index contributed by atoms with van der Waals surface area (Å²) in [4.78, 5) is 15.0. The summed E-state index contributed by atoms with van der Waals surface area (Å²) in [6.07, 6.45) is 4.00. The Morgan fingerprint density at radius 1 is 1.15 bits per heavy atom. The average Bonchev–Trinajstić information content (AvgIpc) is 2.52. The van der Waals surface area contributed by atoms with Crippen LogP contribution in [0.5, 0.6) is 0 Å². The number of rotatable bonds is 0. The molecule has 0 aliphatic carbocycles. The van der Waals surface area contributed by atoms with Crippen LogP contribution in [-0.4, -0.2) is 22.7 Å². The second-order valence-electron chi connectivity index (χ2n) is 1.83. The number of aromatic nitrogens is 2. The van der Waals surface area contributed by atoms with Crippen LogP contribution < -0.4 is 0 Å². The van der Waals surface area contributed by atoms with Crippen LogP contribution in [0.4, 0.5) is 0 Å². The minimum atomic E-state index is 0.0172. The molecular formula is C7H8ClN2O2Rh. The molecule has 0 amide bonds. The number of carbonyl (C=O) groups excluding carboxylic acids is 2. The first kappa shape index (κ1) is 15.0. The minimum absolute atomic E-state index is 0.0172. The summed E-state index contributed by atoms with van der Waals surface area (Å²) >= 11 is 0.0172. The van der Waals surface area contributed by atoms with Crippen molar-refractivity contribution in [3.05, 3.63) is 16.4 Å². The summed E-state index contributed by atoms with van der Waals surface area (Å²) in [5, 5.41) is 0. The van der Waals surface area contributed by atoms with Crippen molar-refractivity contribution in [2.24, 2.45) is 14.1 Å². The molecule has 4 radical (unpaired) electrons. The van der Waals surface area contributed by atoms with Crippen LogP contribution in [0.2, 0.25) is 0 Å². The van der Waals surface area contributed by atoms with Crippen molar-refractivity contribution in [2.75, 3.05) is 0 Å². The van der Waals surface area contributed by atoms with Crippen molar-refractivity contribution in [2.45, 2.75) is 0 Å². The van der Waals surface area contributed by atoms with Gasteiger partial charge in [-0.1, -0.05) is 0 Å². The molecule has 1 aromatic rings. The van der Waals surface area contributed by atoms with Crippen LogP contribution in [0.1, 0.15) is 0 Å². The second kappa shape index (κ2) is 9.55. The molecule has 0 saturated heterocycles. The van der Waals surface area contributed by atoms with Crippen molar-refractivity contribution in [1.82, 2.24) is 9.13 Å². The average molecular weight is 291 g/mol. The molecule has 0 aliphatic heterocycles. The fraction of sp³-hybridized carbons (Fsp3) is 0.286. The summed E-state index contributed by atoms with van der Waals surface area (Å²) < 4.78 is 5.27. The minimum Gasteiger partial charge on any atom is -0.281 e. The van der Waals surface area contributed by atoms with Crippen molar-refractivity contribution in [1.29, 1.82) is 0 Å². The molecule has 13 heavy (non-hydrogen) atoms. The first-order valence-corrected chi connectivity index (χ1v) is 5.82. The monoisotopic (exact) mass is 290 g/mol. The number of halogens is 1. The van der Waals surface area contributed by atoms with Gasteiger partial charge in [0, 0.05) is 0 Å². The third-order valence-corrected chi connectivity index (χ3v) is 3.22. The van der Waals surface area contributed by atoms with Crippen LogP contribution in [0, 0.1) is 4.01 Å². The smallest absolute Gasteiger partial charge is 0.281 e. The molecule has 1 heterocycles. The van der Waals surface area contributed by atoms with Gasteiger partial charge in [0.15, 0.2) is 0 Å². The van der Waals surface area contributed by atoms with Crippen molar-refractivity contribution in [3.8, 4) is 0 Å². The standard InChI is InChI=1S/C5H8N2.2CO.ClH.Rh/c1-6-3-4-7(2)5-6;2*1-2;;/h3-4H,1-2H3;;;1H;/q;;;;+1/p-1. The maximum absolute atomic E-state index is 7.50. The maximum Gasteiger partial charge on any atom is 0.281 e. The molecule has 1 aromatic heterocycles. The Morgan fingerprint density at radius 3 is 1.62 bits per heavy atom. The van der Waals surface area contributed by atoms with E-state index in [0.717, 1.165) is 0 Å². The van der Waals surface area contributed by atoms with Crippen LogP contribution in [0.15, 0.2) is 12.4 Å². The molecule has 1 rings (SSSR count). The number of hydrogen-bond acceptors (Lipinski definition) is 2. The largest absolute Gasteiger partial charge is 0.281 e. The van der Waals surface area contributed by atoms with Crippen molar-refractivity contribution < 1.29 is 25.3 Å². The number of aryl methyl sites for hydroxylation is 2. The molecule has 0 aliphatic rings. The number of imidazole rings is 1. The predicted octanol–water partition coefficient (Wildman–Crippen LogP) is 0.338. The molecule has 0 saturated carbocycles. The van der Waals surface area contributed by atoms with E-state index in [1.807, 2.05) is 35.6 Å². The molecule has 0 spiro atoms. The van der Waals surface area contributed by atoms with Gasteiger partial charge in [0.05, 0.1) is 0 Å². The Morgan fingerprint density at radius 2 is 1.46 bits per heavy atom. The van der Waals surface area contributed by atoms with E-state index in [9.17, 15) is 0 Å². The van der Waals surface area contributed by atoms with E-state index < -0.39 is 0 Å².